The number of likely N-dealkylation sites (tertiary alicyclic amines) is 1. The summed E-state index contributed by atoms with van der Waals surface area (Å²) in [7, 11) is 0.490. The Hall–Kier alpha value is -1.80. The third-order valence-electron chi connectivity index (χ3n) is 5.59. The summed E-state index contributed by atoms with van der Waals surface area (Å²) in [5.41, 5.74) is 1.24. The van der Waals surface area contributed by atoms with Gasteiger partial charge < -0.3 is 15.4 Å². The molecule has 156 valence electrons. The van der Waals surface area contributed by atoms with Crippen molar-refractivity contribution in [1.82, 2.24) is 15.5 Å². The molecule has 8 heteroatoms. The SMILES string of the molecule is CN=C(NCC(c1ccc(OC)cc1)N1CCCCC1)NC1CCS(=O)(=O)C1. The lowest BCUT2D eigenvalue weighted by atomic mass is 10.0. The van der Waals surface area contributed by atoms with E-state index in [0.717, 1.165) is 18.8 Å². The first kappa shape index (κ1) is 20.9. The molecule has 0 aromatic heterocycles. The van der Waals surface area contributed by atoms with Crippen LogP contribution in [0.15, 0.2) is 29.3 Å². The third-order valence-corrected chi connectivity index (χ3v) is 7.36. The molecule has 28 heavy (non-hydrogen) atoms. The first-order valence-electron chi connectivity index (χ1n) is 10.1. The standard InChI is InChI=1S/C20H32N4O3S/c1-21-20(23-17-10-13-28(25,26)15-17)22-14-19(24-11-4-3-5-12-24)16-6-8-18(27-2)9-7-16/h6-9,17,19H,3-5,10-15H2,1-2H3,(H2,21,22,23). The van der Waals surface area contributed by atoms with Crippen molar-refractivity contribution in [3.8, 4) is 5.75 Å². The van der Waals surface area contributed by atoms with Gasteiger partial charge in [-0.15, -0.1) is 0 Å². The van der Waals surface area contributed by atoms with Crippen molar-refractivity contribution in [3.63, 3.8) is 0 Å². The van der Waals surface area contributed by atoms with Gasteiger partial charge in [-0.3, -0.25) is 9.89 Å². The Bertz CT molecular complexity index is 758. The van der Waals surface area contributed by atoms with Crippen molar-refractivity contribution in [2.45, 2.75) is 37.8 Å². The number of methoxy groups -OCH3 is 1. The average molecular weight is 409 g/mol. The molecule has 1 aromatic carbocycles. The Morgan fingerprint density at radius 1 is 1.25 bits per heavy atom. The van der Waals surface area contributed by atoms with Crippen molar-refractivity contribution in [3.05, 3.63) is 29.8 Å². The van der Waals surface area contributed by atoms with E-state index in [1.54, 1.807) is 14.2 Å². The number of hydrogen-bond acceptors (Lipinski definition) is 5. The van der Waals surface area contributed by atoms with Crippen LogP contribution in [0, 0.1) is 0 Å². The Morgan fingerprint density at radius 3 is 2.54 bits per heavy atom. The highest BCUT2D eigenvalue weighted by Gasteiger charge is 2.29. The molecule has 0 amide bonds. The number of hydrogen-bond donors (Lipinski definition) is 2. The molecule has 2 atom stereocenters. The molecular formula is C20H32N4O3S. The van der Waals surface area contributed by atoms with Gasteiger partial charge in [0.25, 0.3) is 0 Å². The van der Waals surface area contributed by atoms with Gasteiger partial charge in [-0.1, -0.05) is 18.6 Å². The Kier molecular flexibility index (Phi) is 7.18. The van der Waals surface area contributed by atoms with Gasteiger partial charge in [0.05, 0.1) is 24.7 Å². The van der Waals surface area contributed by atoms with Crippen LogP contribution in [0.2, 0.25) is 0 Å². The van der Waals surface area contributed by atoms with E-state index in [1.165, 1.54) is 24.8 Å². The number of rotatable bonds is 6. The molecule has 2 N–H and O–H groups in total. The molecule has 2 saturated heterocycles. The van der Waals surface area contributed by atoms with Crippen molar-refractivity contribution < 1.29 is 13.2 Å². The zero-order valence-corrected chi connectivity index (χ0v) is 17.7. The van der Waals surface area contributed by atoms with E-state index in [4.69, 9.17) is 4.74 Å². The van der Waals surface area contributed by atoms with Gasteiger partial charge in [-0.05, 0) is 50.0 Å². The average Bonchev–Trinajstić information content (AvgIpc) is 3.06. The summed E-state index contributed by atoms with van der Waals surface area (Å²) >= 11 is 0. The molecular weight excluding hydrogens is 376 g/mol. The van der Waals surface area contributed by atoms with Crippen LogP contribution >= 0.6 is 0 Å². The third kappa shape index (κ3) is 5.61. The summed E-state index contributed by atoms with van der Waals surface area (Å²) in [4.78, 5) is 6.82. The minimum atomic E-state index is -2.91. The Balaban J connectivity index is 1.65. The summed E-state index contributed by atoms with van der Waals surface area (Å²) in [6.45, 7) is 2.89. The maximum atomic E-state index is 11.7. The van der Waals surface area contributed by atoms with Gasteiger partial charge in [0.1, 0.15) is 5.75 Å². The molecule has 3 rings (SSSR count). The maximum absolute atomic E-state index is 11.7. The van der Waals surface area contributed by atoms with Crippen LogP contribution in [0.1, 0.15) is 37.3 Å². The summed E-state index contributed by atoms with van der Waals surface area (Å²) in [6.07, 6.45) is 4.37. The van der Waals surface area contributed by atoms with E-state index in [2.05, 4.69) is 32.7 Å². The first-order valence-corrected chi connectivity index (χ1v) is 11.9. The second kappa shape index (κ2) is 9.60. The van der Waals surface area contributed by atoms with Crippen LogP contribution in [0.4, 0.5) is 0 Å². The predicted molar refractivity (Wildman–Crippen MR) is 113 cm³/mol. The van der Waals surface area contributed by atoms with Crippen LogP contribution in [0.25, 0.3) is 0 Å². The maximum Gasteiger partial charge on any atom is 0.191 e. The van der Waals surface area contributed by atoms with E-state index in [9.17, 15) is 8.42 Å². The smallest absolute Gasteiger partial charge is 0.191 e. The summed E-state index contributed by atoms with van der Waals surface area (Å²) in [5.74, 6) is 1.96. The Morgan fingerprint density at radius 2 is 1.96 bits per heavy atom. The van der Waals surface area contributed by atoms with Gasteiger partial charge >= 0.3 is 0 Å². The number of nitrogens with zero attached hydrogens (tertiary/aromatic N) is 2. The number of sulfone groups is 1. The van der Waals surface area contributed by atoms with Gasteiger partial charge in [-0.25, -0.2) is 8.42 Å². The molecule has 0 aliphatic carbocycles. The second-order valence-corrected chi connectivity index (χ2v) is 9.81. The second-order valence-electron chi connectivity index (χ2n) is 7.58. The fraction of sp³-hybridized carbons (Fsp3) is 0.650. The van der Waals surface area contributed by atoms with Gasteiger partial charge in [-0.2, -0.15) is 0 Å². The molecule has 2 aliphatic heterocycles. The number of ether oxygens (including phenoxy) is 1. The fourth-order valence-electron chi connectivity index (χ4n) is 4.00. The monoisotopic (exact) mass is 408 g/mol. The molecule has 1 aromatic rings. The minimum absolute atomic E-state index is 0.0642. The van der Waals surface area contributed by atoms with Crippen molar-refractivity contribution in [2.24, 2.45) is 4.99 Å². The van der Waals surface area contributed by atoms with Crippen LogP contribution in [-0.4, -0.2) is 70.6 Å². The zero-order valence-electron chi connectivity index (χ0n) is 16.9. The molecule has 0 saturated carbocycles. The van der Waals surface area contributed by atoms with Crippen molar-refractivity contribution >= 4 is 15.8 Å². The highest BCUT2D eigenvalue weighted by molar-refractivity contribution is 7.91. The molecule has 2 unspecified atom stereocenters. The number of guanidine groups is 1. The Labute approximate surface area is 168 Å². The number of benzene rings is 1. The van der Waals surface area contributed by atoms with E-state index in [-0.39, 0.29) is 23.6 Å². The topological polar surface area (TPSA) is 83.0 Å². The molecule has 7 nitrogen and oxygen atoms in total. The number of nitrogens with one attached hydrogen (secondary N) is 2. The quantitative estimate of drug-likeness (QED) is 0.549. The molecule has 2 aliphatic rings. The lowest BCUT2D eigenvalue weighted by Gasteiger charge is -2.35. The predicted octanol–water partition coefficient (Wildman–Crippen LogP) is 1.57. The summed E-state index contributed by atoms with van der Waals surface area (Å²) in [6, 6.07) is 8.42. The lowest BCUT2D eigenvalue weighted by Crippen LogP contribution is -2.47. The minimum Gasteiger partial charge on any atom is -0.497 e. The van der Waals surface area contributed by atoms with Crippen LogP contribution in [0.3, 0.4) is 0 Å². The van der Waals surface area contributed by atoms with Crippen LogP contribution < -0.4 is 15.4 Å². The van der Waals surface area contributed by atoms with Crippen LogP contribution in [0.5, 0.6) is 5.75 Å². The van der Waals surface area contributed by atoms with E-state index >= 15 is 0 Å². The van der Waals surface area contributed by atoms with Gasteiger partial charge in [0, 0.05) is 19.6 Å². The van der Waals surface area contributed by atoms with Crippen molar-refractivity contribution in [2.75, 3.05) is 45.3 Å². The van der Waals surface area contributed by atoms with E-state index in [1.807, 2.05) is 12.1 Å². The van der Waals surface area contributed by atoms with Crippen LogP contribution in [-0.2, 0) is 9.84 Å². The molecule has 2 heterocycles. The van der Waals surface area contributed by atoms with Gasteiger partial charge in [0.15, 0.2) is 15.8 Å². The fourth-order valence-corrected chi connectivity index (χ4v) is 5.68. The molecule has 0 spiro atoms. The molecule has 0 bridgehead atoms. The first-order chi connectivity index (χ1) is 13.5. The number of piperidine rings is 1. The number of aliphatic imine (C=N–C) groups is 1. The largest absolute Gasteiger partial charge is 0.497 e. The lowest BCUT2D eigenvalue weighted by molar-refractivity contribution is 0.164. The van der Waals surface area contributed by atoms with Crippen molar-refractivity contribution in [1.29, 1.82) is 0 Å². The molecule has 0 radical (unpaired) electrons. The summed E-state index contributed by atoms with van der Waals surface area (Å²) < 4.78 is 28.7. The highest BCUT2D eigenvalue weighted by atomic mass is 32.2. The summed E-state index contributed by atoms with van der Waals surface area (Å²) in [5, 5.41) is 6.69. The molecule has 2 fully saturated rings. The highest BCUT2D eigenvalue weighted by Crippen LogP contribution is 2.26. The van der Waals surface area contributed by atoms with E-state index in [0.29, 0.717) is 18.9 Å². The zero-order chi connectivity index (χ0) is 20.0. The van der Waals surface area contributed by atoms with E-state index < -0.39 is 9.84 Å². The van der Waals surface area contributed by atoms with Gasteiger partial charge in [0.2, 0.25) is 0 Å². The normalized spacial score (nSPS) is 23.9.